The van der Waals surface area contributed by atoms with Crippen LogP contribution in [0.3, 0.4) is 0 Å². The highest BCUT2D eigenvalue weighted by molar-refractivity contribution is 6.87. The molecule has 0 radical (unpaired) electrons. The van der Waals surface area contributed by atoms with Crippen molar-refractivity contribution in [3.63, 3.8) is 0 Å². The van der Waals surface area contributed by atoms with Crippen LogP contribution in [0.2, 0.25) is 52.4 Å². The molecule has 25 heavy (non-hydrogen) atoms. The van der Waals surface area contributed by atoms with Gasteiger partial charge in [-0.25, -0.2) is 0 Å². The molecule has 0 atom stereocenters. The molecule has 11 heteroatoms. The smallest absolute Gasteiger partial charge is 0.437 e. The average molecular weight is 459 g/mol. The van der Waals surface area contributed by atoms with Crippen LogP contribution in [0.1, 0.15) is 0 Å². The van der Waals surface area contributed by atoms with Crippen molar-refractivity contribution in [2.75, 3.05) is 42.3 Å². The van der Waals surface area contributed by atoms with Crippen molar-refractivity contribution >= 4 is 54.7 Å². The van der Waals surface area contributed by atoms with Crippen LogP contribution in [0, 0.1) is 0 Å². The van der Waals surface area contributed by atoms with Gasteiger partial charge in [-0.2, -0.15) is 0 Å². The first-order valence-electron chi connectivity index (χ1n) is 9.40. The van der Waals surface area contributed by atoms with Crippen LogP contribution in [0.15, 0.2) is 0 Å². The highest BCUT2D eigenvalue weighted by atomic mass is 28.5. The van der Waals surface area contributed by atoms with E-state index in [0.717, 1.165) is 0 Å². The first kappa shape index (κ1) is 26.1. The monoisotopic (exact) mass is 458 g/mol. The van der Waals surface area contributed by atoms with Gasteiger partial charge in [0.05, 0.1) is 0 Å². The fourth-order valence-electron chi connectivity index (χ4n) is 4.74. The third-order valence-electron chi connectivity index (χ3n) is 3.40. The van der Waals surface area contributed by atoms with E-state index in [1.54, 1.807) is 0 Å². The van der Waals surface area contributed by atoms with Crippen LogP contribution in [-0.2, 0) is 8.23 Å². The molecule has 1 rings (SSSR count). The highest BCUT2D eigenvalue weighted by Crippen LogP contribution is 2.19. The van der Waals surface area contributed by atoms with Gasteiger partial charge in [-0.3, -0.25) is 0 Å². The zero-order valence-electron chi connectivity index (χ0n) is 19.8. The average Bonchev–Trinajstić information content (AvgIpc) is 1.97. The number of rotatable bonds is 4. The SMILES string of the molecule is C[N+]1(C)[SiH2][N+](C)(C)[SiH2][N+](C)(C)[SiH2]1.C[Si](C)(C)O[Si](C)(C)O[Si](C)(C)C. The van der Waals surface area contributed by atoms with Crippen molar-refractivity contribution in [1.29, 1.82) is 0 Å². The molecule has 0 aromatic heterocycles. The van der Waals surface area contributed by atoms with Crippen LogP contribution < -0.4 is 0 Å². The van der Waals surface area contributed by atoms with Gasteiger partial charge in [-0.05, 0) is 52.4 Å². The lowest BCUT2D eigenvalue weighted by Gasteiger charge is -2.50. The topological polar surface area (TPSA) is 18.5 Å². The molecule has 0 aromatic rings. The highest BCUT2D eigenvalue weighted by Gasteiger charge is 2.47. The summed E-state index contributed by atoms with van der Waals surface area (Å²) >= 11 is 0. The molecule has 0 amide bonds. The Balaban J connectivity index is 0.000000462. The Labute approximate surface area is 168 Å². The normalized spacial score (nSPS) is 25.7. The molecule has 0 aromatic carbocycles. The first-order valence-corrected chi connectivity index (χ1v) is 22.8. The second kappa shape index (κ2) is 8.23. The molecule has 0 bridgehead atoms. The van der Waals surface area contributed by atoms with Gasteiger partial charge in [-0.1, -0.05) is 0 Å². The lowest BCUT2D eigenvalue weighted by atomic mass is 11.2. The molecule has 1 saturated heterocycles. The summed E-state index contributed by atoms with van der Waals surface area (Å²) in [4.78, 5) is 0. The summed E-state index contributed by atoms with van der Waals surface area (Å²) in [6, 6.07) is 0. The Bertz CT molecular complexity index is 382. The molecule has 1 aliphatic heterocycles. The van der Waals surface area contributed by atoms with E-state index in [0.29, 0.717) is 0 Å². The Morgan fingerprint density at radius 3 is 0.840 bits per heavy atom. The van der Waals surface area contributed by atoms with E-state index >= 15 is 0 Å². The lowest BCUT2D eigenvalue weighted by molar-refractivity contribution is -0.890. The summed E-state index contributed by atoms with van der Waals surface area (Å²) in [5.74, 6) is 0. The Morgan fingerprint density at radius 2 is 0.680 bits per heavy atom. The summed E-state index contributed by atoms with van der Waals surface area (Å²) in [7, 11) is 10.3. The molecule has 0 N–H and O–H groups in total. The van der Waals surface area contributed by atoms with Gasteiger partial charge in [0.15, 0.2) is 16.6 Å². The third-order valence-corrected chi connectivity index (χ3v) is 20.4. The molecule has 0 unspecified atom stereocenters. The molecule has 1 aliphatic rings. The minimum Gasteiger partial charge on any atom is -0.437 e. The van der Waals surface area contributed by atoms with Gasteiger partial charge in [0.1, 0.15) is 0 Å². The molecule has 0 saturated carbocycles. The summed E-state index contributed by atoms with van der Waals surface area (Å²) in [6.45, 7) is 17.6. The van der Waals surface area contributed by atoms with Gasteiger partial charge in [-0.15, -0.1) is 0 Å². The quantitative estimate of drug-likeness (QED) is 0.575. The maximum atomic E-state index is 6.09. The van der Waals surface area contributed by atoms with E-state index < -0.39 is 25.2 Å². The van der Waals surface area contributed by atoms with Crippen molar-refractivity contribution < 1.29 is 19.7 Å². The zero-order valence-corrected chi connectivity index (χ0v) is 27.0. The second-order valence-corrected chi connectivity index (χ2v) is 38.7. The zero-order chi connectivity index (χ0) is 20.5. The lowest BCUT2D eigenvalue weighted by Crippen LogP contribution is -2.78. The van der Waals surface area contributed by atoms with Crippen LogP contribution in [-0.4, -0.2) is 108 Å². The minimum absolute atomic E-state index is 0.0784. The van der Waals surface area contributed by atoms with E-state index in [1.165, 1.54) is 11.4 Å². The van der Waals surface area contributed by atoms with Crippen molar-refractivity contribution in [2.45, 2.75) is 52.4 Å². The Hall–Kier alpha value is 1.10. The van der Waals surface area contributed by atoms with E-state index in [2.05, 4.69) is 94.7 Å². The van der Waals surface area contributed by atoms with E-state index in [1.807, 2.05) is 0 Å². The van der Waals surface area contributed by atoms with Crippen molar-refractivity contribution in [3.8, 4) is 0 Å². The predicted octanol–water partition coefficient (Wildman–Crippen LogP) is 0.617. The number of hydrogen-bond donors (Lipinski definition) is 0. The largest absolute Gasteiger partial charge is 0.466 e. The molecule has 1 fully saturated rings. The van der Waals surface area contributed by atoms with Crippen molar-refractivity contribution in [2.24, 2.45) is 0 Å². The van der Waals surface area contributed by atoms with Crippen molar-refractivity contribution in [1.82, 2.24) is 0 Å². The molecule has 5 nitrogen and oxygen atoms in total. The summed E-state index contributed by atoms with van der Waals surface area (Å²) < 4.78 is 16.5. The maximum Gasteiger partial charge on any atom is 0.466 e. The first-order chi connectivity index (χ1) is 10.5. The summed E-state index contributed by atoms with van der Waals surface area (Å²) in [6.07, 6.45) is 0. The van der Waals surface area contributed by atoms with Crippen LogP contribution in [0.25, 0.3) is 0 Å². The molecule has 152 valence electrons. The van der Waals surface area contributed by atoms with Crippen LogP contribution in [0.5, 0.6) is 0 Å². The summed E-state index contributed by atoms with van der Waals surface area (Å²) in [5.41, 5.74) is 0. The molecule has 0 spiro atoms. The van der Waals surface area contributed by atoms with Crippen LogP contribution >= 0.6 is 0 Å². The summed E-state index contributed by atoms with van der Waals surface area (Å²) in [5, 5.41) is 0. The fraction of sp³-hybridized carbons (Fsp3) is 1.00. The van der Waals surface area contributed by atoms with Crippen molar-refractivity contribution in [3.05, 3.63) is 0 Å². The minimum atomic E-state index is -1.85. The molecule has 0 aliphatic carbocycles. The standard InChI is InChI=1S/C8H24O2Si3.C6H24N3Si3/c1-11(2,3)9-13(7,8)10-12(4,5)6;1-7(2)10-8(3,4)12-9(5,6)11-7/h1-8H3;10-12H2,1-6H3/q;+3. The molecule has 1 heterocycles. The van der Waals surface area contributed by atoms with Gasteiger partial charge in [0.25, 0.3) is 0 Å². The fourth-order valence-corrected chi connectivity index (χ4v) is 36.7. The third kappa shape index (κ3) is 13.8. The van der Waals surface area contributed by atoms with E-state index in [-0.39, 0.29) is 29.5 Å². The Morgan fingerprint density at radius 1 is 0.480 bits per heavy atom. The second-order valence-electron chi connectivity index (χ2n) is 12.1. The Kier molecular flexibility index (Phi) is 8.59. The van der Waals surface area contributed by atoms with E-state index in [9.17, 15) is 0 Å². The van der Waals surface area contributed by atoms with E-state index in [4.69, 9.17) is 8.23 Å². The van der Waals surface area contributed by atoms with Gasteiger partial charge < -0.3 is 19.7 Å². The maximum absolute atomic E-state index is 6.09. The molecular formula is C14H48N3O2Si6+3. The van der Waals surface area contributed by atoms with Gasteiger partial charge in [0.2, 0.25) is 0 Å². The van der Waals surface area contributed by atoms with Crippen LogP contribution in [0.4, 0.5) is 0 Å². The number of quaternary nitrogens is 3. The number of nitrogens with zero attached hydrogens (tertiary/aromatic N) is 3. The molecular weight excluding hydrogens is 411 g/mol. The predicted molar refractivity (Wildman–Crippen MR) is 128 cm³/mol. The van der Waals surface area contributed by atoms with Gasteiger partial charge in [0, 0.05) is 42.3 Å². The van der Waals surface area contributed by atoms with Gasteiger partial charge >= 0.3 is 38.1 Å². The number of hydrogen-bond acceptors (Lipinski definition) is 2.